The highest BCUT2D eigenvalue weighted by molar-refractivity contribution is 6.44. The van der Waals surface area contributed by atoms with Gasteiger partial charge in [0, 0.05) is 40.4 Å². The SMILES string of the molecule is O=c1cc2cc([O-])c3ccc4cc[c+]5ccc1c1c2c3c4c15. The first-order valence-corrected chi connectivity index (χ1v) is 7.29. The Morgan fingerprint density at radius 3 is 2.55 bits per heavy atom. The molecular formula is C20H8O2. The average Bonchev–Trinajstić information content (AvgIpc) is 2.88. The molecule has 0 bridgehead atoms. The predicted octanol–water partition coefficient (Wildman–Crippen LogP) is 3.92. The van der Waals surface area contributed by atoms with Gasteiger partial charge in [-0.25, -0.2) is 0 Å². The molecule has 0 spiro atoms. The third-order valence-corrected chi connectivity index (χ3v) is 5.06. The molecule has 0 heterocycles. The largest absolute Gasteiger partial charge is 0.872 e. The molecule has 0 amide bonds. The van der Waals surface area contributed by atoms with Crippen LogP contribution in [0.15, 0.2) is 53.3 Å². The molecule has 0 saturated carbocycles. The van der Waals surface area contributed by atoms with Gasteiger partial charge in [0.25, 0.3) is 0 Å². The maximum Gasteiger partial charge on any atom is 0.202 e. The minimum atomic E-state index is -0.00652. The molecule has 0 N–H and O–H groups in total. The van der Waals surface area contributed by atoms with Crippen LogP contribution in [-0.2, 0) is 0 Å². The molecule has 6 rings (SSSR count). The van der Waals surface area contributed by atoms with Gasteiger partial charge in [0.2, 0.25) is 5.43 Å². The summed E-state index contributed by atoms with van der Waals surface area (Å²) in [5, 5.41) is 22.3. The minimum Gasteiger partial charge on any atom is -0.872 e. The predicted molar refractivity (Wildman–Crippen MR) is 88.8 cm³/mol. The minimum absolute atomic E-state index is 0.00652. The highest BCUT2D eigenvalue weighted by Crippen LogP contribution is 2.48. The summed E-state index contributed by atoms with van der Waals surface area (Å²) in [6.07, 6.45) is 0. The van der Waals surface area contributed by atoms with E-state index in [-0.39, 0.29) is 11.2 Å². The molecule has 2 nitrogen and oxygen atoms in total. The van der Waals surface area contributed by atoms with Crippen molar-refractivity contribution in [2.24, 2.45) is 0 Å². The van der Waals surface area contributed by atoms with Gasteiger partial charge >= 0.3 is 0 Å². The van der Waals surface area contributed by atoms with Gasteiger partial charge in [0.05, 0.1) is 26.9 Å². The van der Waals surface area contributed by atoms with E-state index in [0.29, 0.717) is 0 Å². The van der Waals surface area contributed by atoms with E-state index in [2.05, 4.69) is 12.1 Å². The Kier molecular flexibility index (Phi) is 1.50. The lowest BCUT2D eigenvalue weighted by molar-refractivity contribution is -0.265. The first-order chi connectivity index (χ1) is 10.7. The topological polar surface area (TPSA) is 40.1 Å². The third kappa shape index (κ3) is 0.941. The fourth-order valence-electron chi connectivity index (χ4n) is 4.20. The van der Waals surface area contributed by atoms with Crippen LogP contribution in [0.5, 0.6) is 5.75 Å². The van der Waals surface area contributed by atoms with Gasteiger partial charge in [-0.2, -0.15) is 0 Å². The number of rotatable bonds is 0. The normalized spacial score (nSPS) is 12.9. The highest BCUT2D eigenvalue weighted by Gasteiger charge is 2.26. The lowest BCUT2D eigenvalue weighted by atomic mass is 9.99. The van der Waals surface area contributed by atoms with Crippen molar-refractivity contribution in [3.63, 3.8) is 0 Å². The lowest BCUT2D eigenvalue weighted by Gasteiger charge is -2.11. The molecule has 6 aromatic carbocycles. The van der Waals surface area contributed by atoms with Crippen LogP contribution in [0.4, 0.5) is 0 Å². The van der Waals surface area contributed by atoms with E-state index in [1.54, 1.807) is 12.1 Å². The molecule has 0 atom stereocenters. The standard InChI is InChI=1S/C20H8O2/c21-14-7-11-8-15(22)13-6-4-10-2-1-9-3-5-12(14)19-16(9)17(10)20(13)18(11)19/h1-8H. The third-order valence-electron chi connectivity index (χ3n) is 5.06. The quantitative estimate of drug-likeness (QED) is 0.312. The Balaban J connectivity index is 2.26. The van der Waals surface area contributed by atoms with Gasteiger partial charge in [-0.15, -0.1) is 0 Å². The molecular weight excluding hydrogens is 272 g/mol. The molecule has 2 heteroatoms. The van der Waals surface area contributed by atoms with E-state index in [4.69, 9.17) is 0 Å². The van der Waals surface area contributed by atoms with E-state index < -0.39 is 0 Å². The molecule has 0 aliphatic carbocycles. The Hall–Kier alpha value is -3.00. The molecule has 0 aliphatic heterocycles. The zero-order valence-corrected chi connectivity index (χ0v) is 11.4. The summed E-state index contributed by atoms with van der Waals surface area (Å²) in [6.45, 7) is 0. The van der Waals surface area contributed by atoms with Gasteiger partial charge in [-0.1, -0.05) is 17.9 Å². The summed E-state index contributed by atoms with van der Waals surface area (Å²) < 4.78 is 0. The molecule has 0 fully saturated rings. The van der Waals surface area contributed by atoms with Crippen LogP contribution in [0.1, 0.15) is 0 Å². The summed E-state index contributed by atoms with van der Waals surface area (Å²) in [6, 6.07) is 15.2. The molecule has 0 radical (unpaired) electrons. The van der Waals surface area contributed by atoms with Crippen LogP contribution in [0, 0.1) is 0 Å². The molecule has 100 valence electrons. The zero-order valence-electron chi connectivity index (χ0n) is 11.4. The summed E-state index contributed by atoms with van der Waals surface area (Å²) >= 11 is 0. The smallest absolute Gasteiger partial charge is 0.202 e. The van der Waals surface area contributed by atoms with Crippen LogP contribution in [0.25, 0.3) is 53.9 Å². The Morgan fingerprint density at radius 1 is 0.773 bits per heavy atom. The van der Waals surface area contributed by atoms with E-state index in [1.807, 2.05) is 24.3 Å². The Morgan fingerprint density at radius 2 is 1.64 bits per heavy atom. The summed E-state index contributed by atoms with van der Waals surface area (Å²) in [4.78, 5) is 12.4. The van der Waals surface area contributed by atoms with Crippen molar-refractivity contribution in [3.8, 4) is 5.75 Å². The van der Waals surface area contributed by atoms with Crippen molar-refractivity contribution in [1.29, 1.82) is 0 Å². The van der Waals surface area contributed by atoms with Crippen molar-refractivity contribution in [3.05, 3.63) is 58.8 Å². The number of benzene rings is 5. The Bertz CT molecular complexity index is 1390. The monoisotopic (exact) mass is 280 g/mol. The molecule has 6 aromatic rings. The maximum absolute atomic E-state index is 12.4. The van der Waals surface area contributed by atoms with Gasteiger partial charge in [0.1, 0.15) is 0 Å². The second-order valence-corrected chi connectivity index (χ2v) is 6.09. The van der Waals surface area contributed by atoms with E-state index in [0.717, 1.165) is 53.9 Å². The number of hydrogen-bond donors (Lipinski definition) is 0. The van der Waals surface area contributed by atoms with Gasteiger partial charge in [0.15, 0.2) is 0 Å². The van der Waals surface area contributed by atoms with Crippen molar-refractivity contribution in [2.75, 3.05) is 0 Å². The van der Waals surface area contributed by atoms with Gasteiger partial charge in [-0.05, 0) is 22.9 Å². The van der Waals surface area contributed by atoms with Crippen molar-refractivity contribution < 1.29 is 5.11 Å². The van der Waals surface area contributed by atoms with Gasteiger partial charge < -0.3 is 5.11 Å². The molecule has 0 aromatic heterocycles. The zero-order chi connectivity index (χ0) is 14.6. The van der Waals surface area contributed by atoms with Crippen LogP contribution in [0.2, 0.25) is 0 Å². The summed E-state index contributed by atoms with van der Waals surface area (Å²) in [7, 11) is 0. The molecule has 0 unspecified atom stereocenters. The van der Waals surface area contributed by atoms with E-state index >= 15 is 0 Å². The fourth-order valence-corrected chi connectivity index (χ4v) is 4.20. The van der Waals surface area contributed by atoms with E-state index in [9.17, 15) is 9.90 Å². The second-order valence-electron chi connectivity index (χ2n) is 6.09. The Labute approximate surface area is 124 Å². The second kappa shape index (κ2) is 3.09. The summed E-state index contributed by atoms with van der Waals surface area (Å²) in [5.41, 5.74) is -0.00652. The van der Waals surface area contributed by atoms with Crippen molar-refractivity contribution in [2.45, 2.75) is 0 Å². The number of hydrogen-bond acceptors (Lipinski definition) is 2. The van der Waals surface area contributed by atoms with Crippen LogP contribution >= 0.6 is 0 Å². The first kappa shape index (κ1) is 10.7. The fraction of sp³-hybridized carbons (Fsp3) is 0. The van der Waals surface area contributed by atoms with Gasteiger partial charge in [-0.3, -0.25) is 4.79 Å². The van der Waals surface area contributed by atoms with Crippen LogP contribution in [0.3, 0.4) is 0 Å². The summed E-state index contributed by atoms with van der Waals surface area (Å²) in [5.74, 6) is -0.00652. The first-order valence-electron chi connectivity index (χ1n) is 7.29. The average molecular weight is 280 g/mol. The van der Waals surface area contributed by atoms with Crippen molar-refractivity contribution in [1.82, 2.24) is 0 Å². The highest BCUT2D eigenvalue weighted by atomic mass is 16.3. The van der Waals surface area contributed by atoms with E-state index in [1.165, 1.54) is 0 Å². The van der Waals surface area contributed by atoms with Crippen LogP contribution < -0.4 is 10.5 Å². The lowest BCUT2D eigenvalue weighted by Crippen LogP contribution is -2.00. The van der Waals surface area contributed by atoms with Crippen LogP contribution in [-0.4, -0.2) is 0 Å². The molecule has 0 aliphatic rings. The van der Waals surface area contributed by atoms with Crippen molar-refractivity contribution >= 4 is 53.9 Å². The molecule has 0 saturated heterocycles. The maximum atomic E-state index is 12.4. The molecule has 22 heavy (non-hydrogen) atoms.